The third-order valence-corrected chi connectivity index (χ3v) is 8.12. The number of ether oxygens (including phenoxy) is 1. The number of amides is 3. The Kier molecular flexibility index (Phi) is 9.42. The molecule has 4 rings (SSSR count). The molecule has 3 heterocycles. The van der Waals surface area contributed by atoms with Gasteiger partial charge in [-0.3, -0.25) is 14.1 Å². The van der Waals surface area contributed by atoms with Crippen molar-refractivity contribution in [3.8, 4) is 0 Å². The van der Waals surface area contributed by atoms with E-state index in [0.717, 1.165) is 16.1 Å². The second-order valence-electron chi connectivity index (χ2n) is 9.41. The molecule has 1 saturated carbocycles. The SMILES string of the molecule is NCCOC(=O)NCc1cnn(C[C@@H]2[C@H](NC(=O)/C(=N\OC3(C(=O)O)CCCC3)c3csc(N)n3)C(=O)N2S(=O)(=O)O)n1. The van der Waals surface area contributed by atoms with Crippen molar-refractivity contribution in [1.29, 1.82) is 0 Å². The van der Waals surface area contributed by atoms with Gasteiger partial charge in [-0.15, -0.1) is 11.3 Å². The van der Waals surface area contributed by atoms with E-state index in [-0.39, 0.29) is 53.4 Å². The Morgan fingerprint density at radius 2 is 2.00 bits per heavy atom. The number of carboxylic acid groups (broad SMARTS) is 1. The first-order valence-electron chi connectivity index (χ1n) is 12.7. The van der Waals surface area contributed by atoms with Crippen LogP contribution >= 0.6 is 11.3 Å². The summed E-state index contributed by atoms with van der Waals surface area (Å²) < 4.78 is 38.4. The number of aromatic nitrogens is 4. The lowest BCUT2D eigenvalue weighted by Gasteiger charge is -2.43. The number of nitrogen functional groups attached to an aromatic ring is 1. The van der Waals surface area contributed by atoms with E-state index >= 15 is 0 Å². The molecule has 0 spiro atoms. The van der Waals surface area contributed by atoms with Gasteiger partial charge in [0, 0.05) is 24.8 Å². The van der Waals surface area contributed by atoms with E-state index in [2.05, 4.69) is 31.0 Å². The number of β-lactam (4-membered cyclic amide) rings is 1. The molecule has 2 aromatic rings. The second-order valence-corrected chi connectivity index (χ2v) is 11.6. The predicted octanol–water partition coefficient (Wildman–Crippen LogP) is -2.18. The van der Waals surface area contributed by atoms with Crippen LogP contribution in [0.5, 0.6) is 0 Å². The zero-order valence-electron chi connectivity index (χ0n) is 22.3. The molecule has 2 atom stereocenters. The lowest BCUT2D eigenvalue weighted by Crippen LogP contribution is -2.73. The van der Waals surface area contributed by atoms with E-state index in [0.29, 0.717) is 12.8 Å². The van der Waals surface area contributed by atoms with Crippen molar-refractivity contribution in [3.63, 3.8) is 0 Å². The van der Waals surface area contributed by atoms with Crippen LogP contribution in [0.4, 0.5) is 9.93 Å². The number of nitrogens with zero attached hydrogens (tertiary/aromatic N) is 6. The van der Waals surface area contributed by atoms with Crippen molar-refractivity contribution in [2.45, 2.75) is 56.5 Å². The monoisotopic (exact) mass is 644 g/mol. The van der Waals surface area contributed by atoms with Crippen LogP contribution in [0.2, 0.25) is 0 Å². The van der Waals surface area contributed by atoms with Gasteiger partial charge in [0.05, 0.1) is 19.3 Å². The zero-order chi connectivity index (χ0) is 31.4. The van der Waals surface area contributed by atoms with Crippen LogP contribution in [0.1, 0.15) is 37.1 Å². The number of nitrogens with one attached hydrogen (secondary N) is 2. The minimum Gasteiger partial charge on any atom is -0.478 e. The molecule has 1 aliphatic heterocycles. The van der Waals surface area contributed by atoms with Crippen LogP contribution in [0.25, 0.3) is 0 Å². The fraction of sp³-hybridized carbons (Fsp3) is 0.524. The minimum atomic E-state index is -5.05. The van der Waals surface area contributed by atoms with Crippen molar-refractivity contribution in [3.05, 3.63) is 23.0 Å². The standard InChI is InChI=1S/C21H28N10O10S2/c22-5-6-40-20(36)24-7-11-8-25-30(28-11)9-13-15(17(33)31(13)43(37,38)39)27-16(32)14(12-10-42-19(23)26-12)29-41-21(18(34)35)3-1-2-4-21/h8,10,13,15H,1-7,9,22H2,(H2,23,26)(H,24,36)(H,27,32)(H,34,35)(H,37,38,39)/b29-14-/t13-,15+/m1/s1. The summed E-state index contributed by atoms with van der Waals surface area (Å²) in [5.41, 5.74) is 8.93. The number of nitrogens with two attached hydrogens (primary N) is 2. The fourth-order valence-electron chi connectivity index (χ4n) is 4.41. The Labute approximate surface area is 247 Å². The third-order valence-electron chi connectivity index (χ3n) is 6.50. The summed E-state index contributed by atoms with van der Waals surface area (Å²) >= 11 is 0.958. The molecule has 2 aromatic heterocycles. The molecule has 43 heavy (non-hydrogen) atoms. The third kappa shape index (κ3) is 7.15. The number of thiazole rings is 1. The number of rotatable bonds is 13. The molecular weight excluding hydrogens is 616 g/mol. The van der Waals surface area contributed by atoms with Gasteiger partial charge < -0.3 is 36.8 Å². The molecule has 20 nitrogen and oxygen atoms in total. The lowest BCUT2D eigenvalue weighted by atomic mass is 9.98. The molecule has 0 aromatic carbocycles. The molecular formula is C21H28N10O10S2. The van der Waals surface area contributed by atoms with Gasteiger partial charge in [-0.2, -0.15) is 23.4 Å². The van der Waals surface area contributed by atoms with E-state index in [1.54, 1.807) is 0 Å². The summed E-state index contributed by atoms with van der Waals surface area (Å²) in [5, 5.41) is 27.7. The molecule has 0 unspecified atom stereocenters. The van der Waals surface area contributed by atoms with Crippen LogP contribution in [0.15, 0.2) is 16.7 Å². The largest absolute Gasteiger partial charge is 0.478 e. The number of aliphatic carboxylic acids is 1. The fourth-order valence-corrected chi connectivity index (χ4v) is 5.83. The number of carboxylic acids is 1. The van der Waals surface area contributed by atoms with Crippen LogP contribution in [0.3, 0.4) is 0 Å². The molecule has 8 N–H and O–H groups in total. The van der Waals surface area contributed by atoms with Gasteiger partial charge in [0.1, 0.15) is 30.1 Å². The van der Waals surface area contributed by atoms with Gasteiger partial charge in [-0.05, 0) is 12.8 Å². The average molecular weight is 645 g/mol. The number of hydrogen-bond acceptors (Lipinski definition) is 15. The van der Waals surface area contributed by atoms with E-state index in [9.17, 15) is 37.3 Å². The molecule has 3 amide bonds. The highest BCUT2D eigenvalue weighted by Crippen LogP contribution is 2.34. The number of carbonyl (C=O) groups is 4. The Morgan fingerprint density at radius 3 is 2.60 bits per heavy atom. The van der Waals surface area contributed by atoms with E-state index < -0.39 is 64.1 Å². The van der Waals surface area contributed by atoms with Crippen molar-refractivity contribution in [2.24, 2.45) is 10.9 Å². The summed E-state index contributed by atoms with van der Waals surface area (Å²) in [6, 6.07) is -2.91. The number of anilines is 1. The first kappa shape index (κ1) is 31.5. The summed E-state index contributed by atoms with van der Waals surface area (Å²) in [6.07, 6.45) is 1.93. The summed E-state index contributed by atoms with van der Waals surface area (Å²) in [5.74, 6) is -3.50. The molecule has 1 saturated heterocycles. The van der Waals surface area contributed by atoms with Crippen molar-refractivity contribution in [1.82, 2.24) is 34.9 Å². The van der Waals surface area contributed by atoms with E-state index in [1.165, 1.54) is 11.6 Å². The molecule has 234 valence electrons. The van der Waals surface area contributed by atoms with Gasteiger partial charge in [0.2, 0.25) is 5.60 Å². The quantitative estimate of drug-likeness (QED) is 0.0584. The first-order chi connectivity index (χ1) is 20.3. The van der Waals surface area contributed by atoms with Crippen molar-refractivity contribution < 1.29 is 46.8 Å². The maximum absolute atomic E-state index is 13.3. The molecule has 0 bridgehead atoms. The maximum Gasteiger partial charge on any atom is 0.407 e. The van der Waals surface area contributed by atoms with Gasteiger partial charge in [0.15, 0.2) is 10.8 Å². The molecule has 0 radical (unpaired) electrons. The summed E-state index contributed by atoms with van der Waals surface area (Å²) in [6.45, 7) is -0.388. The maximum atomic E-state index is 13.3. The Hall–Kier alpha value is -4.41. The van der Waals surface area contributed by atoms with Crippen LogP contribution in [0, 0.1) is 0 Å². The van der Waals surface area contributed by atoms with E-state index in [4.69, 9.17) is 21.0 Å². The van der Waals surface area contributed by atoms with Crippen molar-refractivity contribution >= 4 is 56.4 Å². The van der Waals surface area contributed by atoms with Crippen LogP contribution in [-0.2, 0) is 47.4 Å². The normalized spacial score (nSPS) is 19.9. The van der Waals surface area contributed by atoms with Gasteiger partial charge in [-0.25, -0.2) is 18.9 Å². The number of alkyl carbamates (subject to hydrolysis) is 1. The highest BCUT2D eigenvalue weighted by molar-refractivity contribution is 7.84. The highest BCUT2D eigenvalue weighted by Gasteiger charge is 2.55. The number of hydrogen-bond donors (Lipinski definition) is 6. The molecule has 22 heteroatoms. The van der Waals surface area contributed by atoms with Gasteiger partial charge in [-0.1, -0.05) is 5.16 Å². The zero-order valence-corrected chi connectivity index (χ0v) is 23.9. The molecule has 2 fully saturated rings. The van der Waals surface area contributed by atoms with Gasteiger partial charge >= 0.3 is 22.4 Å². The summed E-state index contributed by atoms with van der Waals surface area (Å²) in [4.78, 5) is 59.9. The lowest BCUT2D eigenvalue weighted by molar-refractivity contribution is -0.165. The molecule has 2 aliphatic rings. The van der Waals surface area contributed by atoms with Crippen LogP contribution in [-0.4, -0.2) is 103 Å². The van der Waals surface area contributed by atoms with Crippen molar-refractivity contribution in [2.75, 3.05) is 18.9 Å². The second kappa shape index (κ2) is 12.8. The Morgan fingerprint density at radius 1 is 1.28 bits per heavy atom. The molecule has 1 aliphatic carbocycles. The average Bonchev–Trinajstić information content (AvgIpc) is 3.70. The topological polar surface area (TPSA) is 297 Å². The van der Waals surface area contributed by atoms with Gasteiger partial charge in [0.25, 0.3) is 11.8 Å². The number of carbonyl (C=O) groups excluding carboxylic acids is 3. The Bertz CT molecular complexity index is 1520. The highest BCUT2D eigenvalue weighted by atomic mass is 32.2. The predicted molar refractivity (Wildman–Crippen MR) is 144 cm³/mol. The minimum absolute atomic E-state index is 0.00163. The van der Waals surface area contributed by atoms with E-state index in [1.807, 2.05) is 0 Å². The smallest absolute Gasteiger partial charge is 0.407 e. The number of oxime groups is 1. The van der Waals surface area contributed by atoms with Crippen LogP contribution < -0.4 is 22.1 Å². The summed E-state index contributed by atoms with van der Waals surface area (Å²) in [7, 11) is -5.05. The first-order valence-corrected chi connectivity index (χ1v) is 14.9. The Balaban J connectivity index is 1.52.